The van der Waals surface area contributed by atoms with Gasteiger partial charge in [-0.2, -0.15) is 9.78 Å². The summed E-state index contributed by atoms with van der Waals surface area (Å²) in [4.78, 5) is 18.9. The highest BCUT2D eigenvalue weighted by Gasteiger charge is 2.19. The van der Waals surface area contributed by atoms with Crippen molar-refractivity contribution >= 4 is 33.0 Å². The van der Waals surface area contributed by atoms with E-state index in [4.69, 9.17) is 29.0 Å². The Kier molecular flexibility index (Phi) is 8.39. The Labute approximate surface area is 264 Å². The largest absolute Gasteiger partial charge is 0.494 e. The molecule has 6 rings (SSSR count). The molecule has 0 spiro atoms. The molecule has 44 heavy (non-hydrogen) atoms. The van der Waals surface area contributed by atoms with Crippen LogP contribution in [0.5, 0.6) is 23.0 Å². The number of aryl methyl sites for hydroxylation is 1. The summed E-state index contributed by atoms with van der Waals surface area (Å²) in [7, 11) is 0. The molecule has 1 aromatic heterocycles. The van der Waals surface area contributed by atoms with Crippen molar-refractivity contribution in [2.24, 2.45) is 5.10 Å². The highest BCUT2D eigenvalue weighted by molar-refractivity contribution is 9.10. The van der Waals surface area contributed by atoms with Crippen LogP contribution in [0.3, 0.4) is 0 Å². The number of halogens is 1. The van der Waals surface area contributed by atoms with Gasteiger partial charge in [0.15, 0.2) is 17.3 Å². The standard InChI is InChI=1S/C35H32BrN3O5/c1-5-41-32-14-22(4)28(17-27(32)21(2)3)34-38-29-9-7-6-8-26(29)35(40)39(34)37-18-24-16-25(36)11-13-30(24)42-19-23-10-12-31-33(15-23)44-20-43-31/h6-18,21H,5,19-20H2,1-4H3. The quantitative estimate of drug-likeness (QED) is 0.151. The maximum absolute atomic E-state index is 13.9. The van der Waals surface area contributed by atoms with Crippen molar-refractivity contribution in [1.82, 2.24) is 9.66 Å². The van der Waals surface area contributed by atoms with E-state index in [9.17, 15) is 4.79 Å². The van der Waals surface area contributed by atoms with E-state index < -0.39 is 0 Å². The topological polar surface area (TPSA) is 84.2 Å². The molecule has 224 valence electrons. The van der Waals surface area contributed by atoms with Gasteiger partial charge in [-0.05, 0) is 91.1 Å². The van der Waals surface area contributed by atoms with Gasteiger partial charge >= 0.3 is 0 Å². The minimum absolute atomic E-state index is 0.200. The smallest absolute Gasteiger partial charge is 0.282 e. The zero-order valence-corrected chi connectivity index (χ0v) is 26.6. The summed E-state index contributed by atoms with van der Waals surface area (Å²) in [5.74, 6) is 3.51. The van der Waals surface area contributed by atoms with Crippen LogP contribution in [0, 0.1) is 6.92 Å². The molecule has 8 nitrogen and oxygen atoms in total. The van der Waals surface area contributed by atoms with Crippen LogP contribution >= 0.6 is 15.9 Å². The van der Waals surface area contributed by atoms with E-state index in [0.29, 0.717) is 47.0 Å². The van der Waals surface area contributed by atoms with Crippen molar-refractivity contribution in [3.63, 3.8) is 0 Å². The lowest BCUT2D eigenvalue weighted by Gasteiger charge is -2.18. The van der Waals surface area contributed by atoms with Crippen molar-refractivity contribution in [2.75, 3.05) is 13.4 Å². The number of benzene rings is 4. The van der Waals surface area contributed by atoms with Crippen LogP contribution in [0.25, 0.3) is 22.3 Å². The summed E-state index contributed by atoms with van der Waals surface area (Å²) in [5, 5.41) is 5.21. The lowest BCUT2D eigenvalue weighted by atomic mass is 9.96. The first-order chi connectivity index (χ1) is 21.3. The first-order valence-electron chi connectivity index (χ1n) is 14.5. The van der Waals surface area contributed by atoms with Gasteiger partial charge in [0.25, 0.3) is 5.56 Å². The maximum atomic E-state index is 13.9. The van der Waals surface area contributed by atoms with E-state index >= 15 is 0 Å². The Morgan fingerprint density at radius 2 is 1.82 bits per heavy atom. The molecule has 0 radical (unpaired) electrons. The maximum Gasteiger partial charge on any atom is 0.282 e. The Balaban J connectivity index is 1.42. The highest BCUT2D eigenvalue weighted by Crippen LogP contribution is 2.35. The average Bonchev–Trinajstić information content (AvgIpc) is 3.48. The molecule has 9 heteroatoms. The van der Waals surface area contributed by atoms with Crippen LogP contribution in [0.15, 0.2) is 87.2 Å². The van der Waals surface area contributed by atoms with E-state index in [0.717, 1.165) is 38.2 Å². The molecule has 0 fully saturated rings. The lowest BCUT2D eigenvalue weighted by molar-refractivity contribution is 0.174. The van der Waals surface area contributed by atoms with Gasteiger partial charge in [-0.3, -0.25) is 4.79 Å². The van der Waals surface area contributed by atoms with Crippen LogP contribution in [0.4, 0.5) is 0 Å². The predicted octanol–water partition coefficient (Wildman–Crippen LogP) is 7.85. The molecule has 1 aliphatic rings. The molecule has 1 aliphatic heterocycles. The molecule has 0 unspecified atom stereocenters. The summed E-state index contributed by atoms with van der Waals surface area (Å²) in [5.41, 5.74) is 4.75. The molecule has 0 aliphatic carbocycles. The Morgan fingerprint density at radius 3 is 2.64 bits per heavy atom. The monoisotopic (exact) mass is 653 g/mol. The molecule has 2 heterocycles. The number of hydrogen-bond acceptors (Lipinski definition) is 7. The Bertz CT molecular complexity index is 1950. The second-order valence-corrected chi connectivity index (χ2v) is 11.7. The fourth-order valence-electron chi connectivity index (χ4n) is 5.14. The van der Waals surface area contributed by atoms with Crippen molar-refractivity contribution in [1.29, 1.82) is 0 Å². The molecule has 4 aromatic carbocycles. The van der Waals surface area contributed by atoms with Gasteiger partial charge in [0.05, 0.1) is 23.7 Å². The number of nitrogens with zero attached hydrogens (tertiary/aromatic N) is 3. The molecule has 0 saturated carbocycles. The third-order valence-corrected chi connectivity index (χ3v) is 7.88. The predicted molar refractivity (Wildman–Crippen MR) is 175 cm³/mol. The van der Waals surface area contributed by atoms with Gasteiger partial charge in [0, 0.05) is 15.6 Å². The van der Waals surface area contributed by atoms with Gasteiger partial charge < -0.3 is 18.9 Å². The lowest BCUT2D eigenvalue weighted by Crippen LogP contribution is -2.21. The molecule has 0 amide bonds. The average molecular weight is 655 g/mol. The molecule has 0 saturated heterocycles. The summed E-state index contributed by atoms with van der Waals surface area (Å²) >= 11 is 3.56. The normalized spacial score (nSPS) is 12.4. The van der Waals surface area contributed by atoms with E-state index in [1.54, 1.807) is 12.3 Å². The van der Waals surface area contributed by atoms with Crippen molar-refractivity contribution in [3.05, 3.63) is 110 Å². The molecular weight excluding hydrogens is 622 g/mol. The van der Waals surface area contributed by atoms with Gasteiger partial charge in [-0.1, -0.05) is 48.0 Å². The minimum atomic E-state index is -0.265. The minimum Gasteiger partial charge on any atom is -0.494 e. The zero-order chi connectivity index (χ0) is 30.8. The van der Waals surface area contributed by atoms with Crippen LogP contribution in [-0.2, 0) is 6.61 Å². The fourth-order valence-corrected chi connectivity index (χ4v) is 5.52. The van der Waals surface area contributed by atoms with Crippen LogP contribution in [0.2, 0.25) is 0 Å². The summed E-state index contributed by atoms with van der Waals surface area (Å²) in [6.07, 6.45) is 1.63. The van der Waals surface area contributed by atoms with Crippen LogP contribution < -0.4 is 24.5 Å². The molecule has 0 atom stereocenters. The second kappa shape index (κ2) is 12.5. The zero-order valence-electron chi connectivity index (χ0n) is 25.0. The second-order valence-electron chi connectivity index (χ2n) is 10.8. The summed E-state index contributed by atoms with van der Waals surface area (Å²) in [6, 6.07) is 22.8. The van der Waals surface area contributed by atoms with Gasteiger partial charge in [0.2, 0.25) is 6.79 Å². The molecule has 5 aromatic rings. The number of para-hydroxylation sites is 1. The third-order valence-electron chi connectivity index (χ3n) is 7.39. The number of hydrogen-bond donors (Lipinski definition) is 0. The van der Waals surface area contributed by atoms with Crippen LogP contribution in [-0.4, -0.2) is 29.3 Å². The number of rotatable bonds is 9. The summed E-state index contributed by atoms with van der Waals surface area (Å²) in [6.45, 7) is 9.29. The Hall–Kier alpha value is -4.63. The third kappa shape index (κ3) is 5.92. The highest BCUT2D eigenvalue weighted by atomic mass is 79.9. The Morgan fingerprint density at radius 1 is 1.00 bits per heavy atom. The number of ether oxygens (including phenoxy) is 4. The molecule has 0 N–H and O–H groups in total. The van der Waals surface area contributed by atoms with Crippen molar-refractivity contribution in [3.8, 4) is 34.4 Å². The SMILES string of the molecule is CCOc1cc(C)c(-c2nc3ccccc3c(=O)n2N=Cc2cc(Br)ccc2OCc2ccc3c(c2)OCO3)cc1C(C)C. The van der Waals surface area contributed by atoms with Gasteiger partial charge in [0.1, 0.15) is 18.1 Å². The summed E-state index contributed by atoms with van der Waals surface area (Å²) < 4.78 is 25.3. The van der Waals surface area contributed by atoms with Gasteiger partial charge in [-0.25, -0.2) is 4.98 Å². The van der Waals surface area contributed by atoms with E-state index in [1.807, 2.05) is 74.5 Å². The van der Waals surface area contributed by atoms with Crippen LogP contribution in [0.1, 0.15) is 48.9 Å². The number of fused-ring (bicyclic) bond motifs is 2. The van der Waals surface area contributed by atoms with E-state index in [-0.39, 0.29) is 18.3 Å². The van der Waals surface area contributed by atoms with E-state index in [1.165, 1.54) is 4.68 Å². The van der Waals surface area contributed by atoms with E-state index in [2.05, 4.69) is 35.8 Å². The number of aromatic nitrogens is 2. The van der Waals surface area contributed by atoms with Gasteiger partial charge in [-0.15, -0.1) is 0 Å². The first kappa shape index (κ1) is 29.4. The van der Waals surface area contributed by atoms with Crippen molar-refractivity contribution in [2.45, 2.75) is 40.2 Å². The first-order valence-corrected chi connectivity index (χ1v) is 15.3. The molecular formula is C35H32BrN3O5. The van der Waals surface area contributed by atoms with Crippen molar-refractivity contribution < 1.29 is 18.9 Å². The molecule has 0 bridgehead atoms. The fraction of sp³-hybridized carbons (Fsp3) is 0.229.